The van der Waals surface area contributed by atoms with Gasteiger partial charge in [-0.1, -0.05) is 0 Å². The van der Waals surface area contributed by atoms with E-state index in [0.717, 1.165) is 11.2 Å². The molecule has 0 aliphatic rings. The van der Waals surface area contributed by atoms with Crippen LogP contribution in [-0.2, 0) is 18.8 Å². The summed E-state index contributed by atoms with van der Waals surface area (Å²) in [7, 11) is 3.49. The molecule has 0 unspecified atom stereocenters. The number of carbonyl (C=O) groups is 1. The molecule has 0 saturated heterocycles. The number of rotatable bonds is 2. The largest absolute Gasteiger partial charge is 0.462 e. The Morgan fingerprint density at radius 3 is 2.68 bits per heavy atom. The first kappa shape index (κ1) is 14.9. The van der Waals surface area contributed by atoms with E-state index in [1.807, 2.05) is 24.6 Å². The number of nitrogens with zero attached hydrogens (tertiary/aromatic N) is 2. The summed E-state index contributed by atoms with van der Waals surface area (Å²) in [5, 5.41) is 0.671. The minimum absolute atomic E-state index is 0.290. The molecule has 0 amide bonds. The molecule has 1 aromatic carbocycles. The van der Waals surface area contributed by atoms with E-state index in [4.69, 9.17) is 9.15 Å². The molecule has 2 aromatic heterocycles. The van der Waals surface area contributed by atoms with E-state index in [1.165, 1.54) is 4.57 Å². The molecule has 2 heterocycles. The lowest BCUT2D eigenvalue weighted by Crippen LogP contribution is -2.10. The van der Waals surface area contributed by atoms with E-state index in [-0.39, 0.29) is 0 Å². The predicted octanol–water partition coefficient (Wildman–Crippen LogP) is 2.87. The Bertz CT molecular complexity index is 977. The molecule has 0 atom stereocenters. The molecular weight excluding hydrogens is 352 g/mol. The third kappa shape index (κ3) is 1.85. The molecule has 116 valence electrons. The smallest absolute Gasteiger partial charge is 0.419 e. The predicted molar refractivity (Wildman–Crippen MR) is 86.3 cm³/mol. The number of oxazole rings is 1. The standard InChI is InChI=1S/C15H15BrN2O4/c1-5-21-14(19)10-7(2)17(3)9-6-8(16)13-12(11(9)10)18(4)15(20)22-13/h6H,5H2,1-4H3. The fourth-order valence-electron chi connectivity index (χ4n) is 2.76. The number of aromatic nitrogens is 2. The first-order chi connectivity index (χ1) is 10.4. The molecule has 0 bridgehead atoms. The highest BCUT2D eigenvalue weighted by Crippen LogP contribution is 2.36. The average molecular weight is 367 g/mol. The highest BCUT2D eigenvalue weighted by molar-refractivity contribution is 9.10. The van der Waals surface area contributed by atoms with Crippen LogP contribution in [0.1, 0.15) is 23.0 Å². The van der Waals surface area contributed by atoms with Crippen molar-refractivity contribution in [2.24, 2.45) is 14.1 Å². The number of carbonyl (C=O) groups excluding carboxylic acids is 1. The zero-order chi connectivity index (χ0) is 16.2. The zero-order valence-electron chi connectivity index (χ0n) is 12.7. The van der Waals surface area contributed by atoms with Crippen molar-refractivity contribution in [3.8, 4) is 0 Å². The highest BCUT2D eigenvalue weighted by Gasteiger charge is 2.25. The van der Waals surface area contributed by atoms with Crippen LogP contribution in [0.3, 0.4) is 0 Å². The molecule has 0 fully saturated rings. The lowest BCUT2D eigenvalue weighted by Gasteiger charge is -2.03. The van der Waals surface area contributed by atoms with Crippen LogP contribution in [0.2, 0.25) is 0 Å². The number of hydrogen-bond acceptors (Lipinski definition) is 4. The summed E-state index contributed by atoms with van der Waals surface area (Å²) in [5.41, 5.74) is 3.09. The monoisotopic (exact) mass is 366 g/mol. The van der Waals surface area contributed by atoms with Crippen molar-refractivity contribution in [1.29, 1.82) is 0 Å². The van der Waals surface area contributed by atoms with Gasteiger partial charge in [0.05, 0.1) is 22.2 Å². The molecule has 7 heteroatoms. The fraction of sp³-hybridized carbons (Fsp3) is 0.333. The van der Waals surface area contributed by atoms with Gasteiger partial charge < -0.3 is 13.7 Å². The summed E-state index contributed by atoms with van der Waals surface area (Å²) >= 11 is 3.43. The lowest BCUT2D eigenvalue weighted by molar-refractivity contribution is 0.0527. The molecule has 3 aromatic rings. The Labute approximate surface area is 134 Å². The maximum Gasteiger partial charge on any atom is 0.419 e. The summed E-state index contributed by atoms with van der Waals surface area (Å²) in [6, 6.07) is 1.84. The van der Waals surface area contributed by atoms with Crippen LogP contribution in [0, 0.1) is 6.92 Å². The summed E-state index contributed by atoms with van der Waals surface area (Å²) in [6.07, 6.45) is 0. The molecule has 0 aliphatic heterocycles. The van der Waals surface area contributed by atoms with Crippen molar-refractivity contribution in [3.05, 3.63) is 32.3 Å². The molecule has 0 saturated carbocycles. The van der Waals surface area contributed by atoms with E-state index >= 15 is 0 Å². The van der Waals surface area contributed by atoms with Gasteiger partial charge in [0.25, 0.3) is 0 Å². The van der Waals surface area contributed by atoms with Crippen LogP contribution >= 0.6 is 15.9 Å². The van der Waals surface area contributed by atoms with E-state index in [2.05, 4.69) is 15.9 Å². The highest BCUT2D eigenvalue weighted by atomic mass is 79.9. The summed E-state index contributed by atoms with van der Waals surface area (Å²) in [5.74, 6) is -0.873. The van der Waals surface area contributed by atoms with Crippen LogP contribution in [0.25, 0.3) is 22.0 Å². The van der Waals surface area contributed by atoms with Crippen LogP contribution < -0.4 is 5.76 Å². The Morgan fingerprint density at radius 2 is 2.05 bits per heavy atom. The number of ether oxygens (including phenoxy) is 1. The molecule has 0 radical (unpaired) electrons. The van der Waals surface area contributed by atoms with Gasteiger partial charge in [0, 0.05) is 25.2 Å². The second kappa shape index (κ2) is 5.01. The average Bonchev–Trinajstić information content (AvgIpc) is 2.89. The molecule has 0 spiro atoms. The van der Waals surface area contributed by atoms with E-state index < -0.39 is 11.7 Å². The van der Waals surface area contributed by atoms with E-state index in [0.29, 0.717) is 33.1 Å². The van der Waals surface area contributed by atoms with Crippen molar-refractivity contribution in [2.75, 3.05) is 6.61 Å². The van der Waals surface area contributed by atoms with Gasteiger partial charge in [0.2, 0.25) is 0 Å². The van der Waals surface area contributed by atoms with Gasteiger partial charge in [-0.2, -0.15) is 0 Å². The Hall–Kier alpha value is -2.02. The van der Waals surface area contributed by atoms with Gasteiger partial charge in [-0.25, -0.2) is 9.59 Å². The maximum atomic E-state index is 12.4. The normalized spacial score (nSPS) is 11.5. The van der Waals surface area contributed by atoms with Crippen molar-refractivity contribution in [1.82, 2.24) is 9.13 Å². The fourth-order valence-corrected chi connectivity index (χ4v) is 3.25. The molecule has 22 heavy (non-hydrogen) atoms. The van der Waals surface area contributed by atoms with Crippen molar-refractivity contribution < 1.29 is 13.9 Å². The second-order valence-corrected chi connectivity index (χ2v) is 5.95. The van der Waals surface area contributed by atoms with Gasteiger partial charge in [-0.05, 0) is 35.8 Å². The molecule has 3 rings (SSSR count). The zero-order valence-corrected chi connectivity index (χ0v) is 14.3. The summed E-state index contributed by atoms with van der Waals surface area (Å²) < 4.78 is 14.4. The topological polar surface area (TPSA) is 66.4 Å². The maximum absolute atomic E-state index is 12.4. The van der Waals surface area contributed by atoms with Crippen LogP contribution in [0.15, 0.2) is 19.8 Å². The minimum Gasteiger partial charge on any atom is -0.462 e. The molecule has 0 N–H and O–H groups in total. The number of esters is 1. The summed E-state index contributed by atoms with van der Waals surface area (Å²) in [6.45, 7) is 3.90. The molecule has 6 nitrogen and oxygen atoms in total. The third-order valence-electron chi connectivity index (χ3n) is 3.94. The lowest BCUT2D eigenvalue weighted by atomic mass is 10.1. The Morgan fingerprint density at radius 1 is 1.36 bits per heavy atom. The van der Waals surface area contributed by atoms with Gasteiger partial charge in [-0.15, -0.1) is 0 Å². The van der Waals surface area contributed by atoms with Crippen LogP contribution in [-0.4, -0.2) is 21.7 Å². The molecular formula is C15H15BrN2O4. The van der Waals surface area contributed by atoms with Crippen LogP contribution in [0.4, 0.5) is 0 Å². The number of aryl methyl sites for hydroxylation is 2. The van der Waals surface area contributed by atoms with Crippen molar-refractivity contribution in [3.63, 3.8) is 0 Å². The second-order valence-electron chi connectivity index (χ2n) is 5.10. The van der Waals surface area contributed by atoms with Gasteiger partial charge in [0.15, 0.2) is 5.58 Å². The van der Waals surface area contributed by atoms with Gasteiger partial charge in [-0.3, -0.25) is 4.57 Å². The number of halogens is 1. The Kier molecular flexibility index (Phi) is 3.40. The number of hydrogen-bond donors (Lipinski definition) is 0. The van der Waals surface area contributed by atoms with Crippen molar-refractivity contribution in [2.45, 2.75) is 13.8 Å². The van der Waals surface area contributed by atoms with Gasteiger partial charge in [0.1, 0.15) is 5.52 Å². The minimum atomic E-state index is -0.473. The molecule has 0 aliphatic carbocycles. The first-order valence-corrected chi connectivity index (χ1v) is 7.61. The van der Waals surface area contributed by atoms with Crippen LogP contribution in [0.5, 0.6) is 0 Å². The first-order valence-electron chi connectivity index (χ1n) is 6.82. The van der Waals surface area contributed by atoms with Crippen molar-refractivity contribution >= 4 is 43.9 Å². The SMILES string of the molecule is CCOC(=O)c1c(C)n(C)c2cc(Br)c3oc(=O)n(C)c3c12. The number of fused-ring (bicyclic) bond motifs is 3. The third-order valence-corrected chi connectivity index (χ3v) is 4.53. The Balaban J connectivity index is 2.59. The van der Waals surface area contributed by atoms with E-state index in [9.17, 15) is 9.59 Å². The van der Waals surface area contributed by atoms with E-state index in [1.54, 1.807) is 14.0 Å². The summed E-state index contributed by atoms with van der Waals surface area (Å²) in [4.78, 5) is 24.3. The number of benzene rings is 1. The quantitative estimate of drug-likeness (QED) is 0.654. The van der Waals surface area contributed by atoms with Gasteiger partial charge >= 0.3 is 11.7 Å².